The second-order valence-electron chi connectivity index (χ2n) is 5.58. The van der Waals surface area contributed by atoms with Gasteiger partial charge in [0.2, 0.25) is 0 Å². The average molecular weight is 311 g/mol. The van der Waals surface area contributed by atoms with E-state index in [1.54, 1.807) is 12.1 Å². The molecule has 1 saturated carbocycles. The molecule has 6 nitrogen and oxygen atoms in total. The maximum absolute atomic E-state index is 12.6. The van der Waals surface area contributed by atoms with Crippen LogP contribution >= 0.6 is 0 Å². The van der Waals surface area contributed by atoms with Crippen molar-refractivity contribution in [2.75, 3.05) is 18.5 Å². The first-order valence-electron chi connectivity index (χ1n) is 7.44. The number of nitrogens with zero attached hydrogens (tertiary/aromatic N) is 1. The SMILES string of the molecule is CCNc1cccnc1S(=O)(=O)NC1CCOC1C1CC1. The fourth-order valence-corrected chi connectivity index (χ4v) is 4.20. The van der Waals surface area contributed by atoms with Gasteiger partial charge in [-0.05, 0) is 44.2 Å². The highest BCUT2D eigenvalue weighted by Crippen LogP contribution is 2.39. The van der Waals surface area contributed by atoms with E-state index in [2.05, 4.69) is 15.0 Å². The van der Waals surface area contributed by atoms with Crippen LogP contribution in [-0.4, -0.2) is 38.7 Å². The minimum atomic E-state index is -3.64. The van der Waals surface area contributed by atoms with Crippen molar-refractivity contribution in [3.05, 3.63) is 18.3 Å². The summed E-state index contributed by atoms with van der Waals surface area (Å²) in [5.74, 6) is 0.511. The highest BCUT2D eigenvalue weighted by molar-refractivity contribution is 7.89. The van der Waals surface area contributed by atoms with Crippen molar-refractivity contribution >= 4 is 15.7 Å². The zero-order valence-electron chi connectivity index (χ0n) is 12.1. The number of anilines is 1. The van der Waals surface area contributed by atoms with Gasteiger partial charge in [0.1, 0.15) is 0 Å². The van der Waals surface area contributed by atoms with Gasteiger partial charge in [-0.1, -0.05) is 0 Å². The van der Waals surface area contributed by atoms with Gasteiger partial charge in [0.25, 0.3) is 10.0 Å². The Bertz CT molecular complexity index is 601. The van der Waals surface area contributed by atoms with Crippen LogP contribution < -0.4 is 10.0 Å². The number of rotatable bonds is 6. The Morgan fingerprint density at radius 1 is 1.38 bits per heavy atom. The molecule has 1 aromatic heterocycles. The van der Waals surface area contributed by atoms with Crippen molar-refractivity contribution in [2.24, 2.45) is 5.92 Å². The van der Waals surface area contributed by atoms with Gasteiger partial charge >= 0.3 is 0 Å². The van der Waals surface area contributed by atoms with Gasteiger partial charge in [-0.15, -0.1) is 0 Å². The standard InChI is InChI=1S/C14H21N3O3S/c1-2-15-12-4-3-8-16-14(12)21(18,19)17-11-7-9-20-13(11)10-5-6-10/h3-4,8,10-11,13,15,17H,2,5-7,9H2,1H3. The molecule has 2 atom stereocenters. The molecule has 2 N–H and O–H groups in total. The molecule has 116 valence electrons. The number of nitrogens with one attached hydrogen (secondary N) is 2. The minimum Gasteiger partial charge on any atom is -0.383 e. The summed E-state index contributed by atoms with van der Waals surface area (Å²) in [6.07, 6.45) is 4.51. The van der Waals surface area contributed by atoms with Gasteiger partial charge in [0.05, 0.1) is 17.8 Å². The molecule has 2 unspecified atom stereocenters. The topological polar surface area (TPSA) is 80.3 Å². The molecule has 1 aliphatic carbocycles. The van der Waals surface area contributed by atoms with E-state index in [0.29, 0.717) is 24.8 Å². The monoisotopic (exact) mass is 311 g/mol. The summed E-state index contributed by atoms with van der Waals surface area (Å²) in [4.78, 5) is 4.04. The van der Waals surface area contributed by atoms with Crippen LogP contribution in [0.4, 0.5) is 5.69 Å². The first kappa shape index (κ1) is 14.7. The van der Waals surface area contributed by atoms with Crippen LogP contribution in [0.15, 0.2) is 23.4 Å². The Labute approximate surface area is 125 Å². The molecule has 2 heterocycles. The summed E-state index contributed by atoms with van der Waals surface area (Å²) in [5.41, 5.74) is 0.536. The summed E-state index contributed by atoms with van der Waals surface area (Å²) >= 11 is 0. The van der Waals surface area contributed by atoms with Crippen LogP contribution in [0.25, 0.3) is 0 Å². The van der Waals surface area contributed by atoms with E-state index in [0.717, 1.165) is 19.3 Å². The number of ether oxygens (including phenoxy) is 1. The molecule has 7 heteroatoms. The summed E-state index contributed by atoms with van der Waals surface area (Å²) in [5, 5.41) is 3.10. The molecule has 0 amide bonds. The van der Waals surface area contributed by atoms with E-state index in [-0.39, 0.29) is 17.2 Å². The molecule has 1 saturated heterocycles. The normalized spacial score (nSPS) is 26.0. The van der Waals surface area contributed by atoms with Crippen molar-refractivity contribution in [2.45, 2.75) is 43.4 Å². The van der Waals surface area contributed by atoms with Gasteiger partial charge in [0.15, 0.2) is 5.03 Å². The maximum atomic E-state index is 12.6. The molecule has 21 heavy (non-hydrogen) atoms. The minimum absolute atomic E-state index is 0.0195. The Kier molecular flexibility index (Phi) is 4.14. The predicted octanol–water partition coefficient (Wildman–Crippen LogP) is 1.36. The summed E-state index contributed by atoms with van der Waals surface area (Å²) in [7, 11) is -3.64. The lowest BCUT2D eigenvalue weighted by Crippen LogP contribution is -2.41. The number of pyridine rings is 1. The summed E-state index contributed by atoms with van der Waals surface area (Å²) in [6.45, 7) is 3.19. The second-order valence-corrected chi connectivity index (χ2v) is 7.21. The Morgan fingerprint density at radius 3 is 2.90 bits per heavy atom. The first-order chi connectivity index (χ1) is 10.1. The van der Waals surface area contributed by atoms with Gasteiger partial charge in [-0.2, -0.15) is 0 Å². The van der Waals surface area contributed by atoms with Crippen LogP contribution in [-0.2, 0) is 14.8 Å². The second kappa shape index (κ2) is 5.90. The van der Waals surface area contributed by atoms with Gasteiger partial charge in [-0.25, -0.2) is 18.1 Å². The van der Waals surface area contributed by atoms with E-state index in [1.807, 2.05) is 6.92 Å². The van der Waals surface area contributed by atoms with Crippen molar-refractivity contribution in [3.8, 4) is 0 Å². The smallest absolute Gasteiger partial charge is 0.260 e. The van der Waals surface area contributed by atoms with E-state index < -0.39 is 10.0 Å². The van der Waals surface area contributed by atoms with Crippen LogP contribution in [0.3, 0.4) is 0 Å². The molecule has 0 bridgehead atoms. The average Bonchev–Trinajstić information content (AvgIpc) is 3.20. The van der Waals surface area contributed by atoms with Crippen molar-refractivity contribution in [1.29, 1.82) is 0 Å². The summed E-state index contributed by atoms with van der Waals surface area (Å²) in [6, 6.07) is 3.32. The number of aromatic nitrogens is 1. The molecule has 1 aromatic rings. The number of hydrogen-bond donors (Lipinski definition) is 2. The highest BCUT2D eigenvalue weighted by atomic mass is 32.2. The third kappa shape index (κ3) is 3.20. The van der Waals surface area contributed by atoms with Crippen LogP contribution in [0, 0.1) is 5.92 Å². The Morgan fingerprint density at radius 2 is 2.19 bits per heavy atom. The molecule has 2 fully saturated rings. The lowest BCUT2D eigenvalue weighted by atomic mass is 10.1. The quantitative estimate of drug-likeness (QED) is 0.829. The zero-order valence-corrected chi connectivity index (χ0v) is 12.9. The van der Waals surface area contributed by atoms with E-state index in [4.69, 9.17) is 4.74 Å². The van der Waals surface area contributed by atoms with Crippen LogP contribution in [0.2, 0.25) is 0 Å². The van der Waals surface area contributed by atoms with Crippen molar-refractivity contribution < 1.29 is 13.2 Å². The lowest BCUT2D eigenvalue weighted by Gasteiger charge is -2.20. The molecular weight excluding hydrogens is 290 g/mol. The Hall–Kier alpha value is -1.18. The van der Waals surface area contributed by atoms with Crippen LogP contribution in [0.5, 0.6) is 0 Å². The fourth-order valence-electron chi connectivity index (χ4n) is 2.81. The van der Waals surface area contributed by atoms with E-state index in [1.165, 1.54) is 6.20 Å². The summed E-state index contributed by atoms with van der Waals surface area (Å²) < 4.78 is 33.7. The molecule has 0 radical (unpaired) electrons. The molecule has 1 aliphatic heterocycles. The van der Waals surface area contributed by atoms with Crippen molar-refractivity contribution in [3.63, 3.8) is 0 Å². The van der Waals surface area contributed by atoms with E-state index >= 15 is 0 Å². The van der Waals surface area contributed by atoms with Crippen LogP contribution in [0.1, 0.15) is 26.2 Å². The number of sulfonamides is 1. The maximum Gasteiger partial charge on any atom is 0.260 e. The lowest BCUT2D eigenvalue weighted by molar-refractivity contribution is 0.0848. The van der Waals surface area contributed by atoms with Gasteiger partial charge in [-0.3, -0.25) is 0 Å². The fraction of sp³-hybridized carbons (Fsp3) is 0.643. The third-order valence-corrected chi connectivity index (χ3v) is 5.37. The molecule has 0 spiro atoms. The van der Waals surface area contributed by atoms with Gasteiger partial charge in [0, 0.05) is 19.3 Å². The highest BCUT2D eigenvalue weighted by Gasteiger charge is 2.42. The van der Waals surface area contributed by atoms with Gasteiger partial charge < -0.3 is 10.1 Å². The largest absolute Gasteiger partial charge is 0.383 e. The zero-order chi connectivity index (χ0) is 14.9. The molecular formula is C14H21N3O3S. The van der Waals surface area contributed by atoms with E-state index in [9.17, 15) is 8.42 Å². The van der Waals surface area contributed by atoms with Crippen molar-refractivity contribution in [1.82, 2.24) is 9.71 Å². The third-order valence-electron chi connectivity index (χ3n) is 3.92. The Balaban J connectivity index is 1.80. The molecule has 3 rings (SSSR count). The predicted molar refractivity (Wildman–Crippen MR) is 79.6 cm³/mol. The first-order valence-corrected chi connectivity index (χ1v) is 8.93. The number of hydrogen-bond acceptors (Lipinski definition) is 5. The molecule has 2 aliphatic rings. The molecule has 0 aromatic carbocycles.